The van der Waals surface area contributed by atoms with Gasteiger partial charge in [-0.1, -0.05) is 24.3 Å². The number of fused-ring (bicyclic) bond motifs is 2. The summed E-state index contributed by atoms with van der Waals surface area (Å²) in [6, 6.07) is 10.4. The highest BCUT2D eigenvalue weighted by Gasteiger charge is 2.33. The first-order valence-electron chi connectivity index (χ1n) is 8.53. The molecule has 0 N–H and O–H groups in total. The molecule has 2 aliphatic rings. The molecule has 2 heterocycles. The van der Waals surface area contributed by atoms with Crippen LogP contribution in [0.15, 0.2) is 30.3 Å². The minimum Gasteiger partial charge on any atom is -0.361 e. The van der Waals surface area contributed by atoms with Crippen LogP contribution < -0.4 is 4.90 Å². The highest BCUT2D eigenvalue weighted by Crippen LogP contribution is 2.35. The first-order chi connectivity index (χ1) is 11.6. The Morgan fingerprint density at radius 3 is 2.83 bits per heavy atom. The molecule has 0 unspecified atom stereocenters. The van der Waals surface area contributed by atoms with E-state index >= 15 is 0 Å². The van der Waals surface area contributed by atoms with Crippen LogP contribution >= 0.6 is 0 Å². The second-order valence-corrected chi connectivity index (χ2v) is 6.87. The Bertz CT molecular complexity index is 787. The Kier molecular flexibility index (Phi) is 3.71. The van der Waals surface area contributed by atoms with Crippen LogP contribution in [0.4, 0.5) is 5.82 Å². The molecule has 0 fully saturated rings. The quantitative estimate of drug-likeness (QED) is 0.850. The van der Waals surface area contributed by atoms with E-state index in [9.17, 15) is 4.79 Å². The average Bonchev–Trinajstić information content (AvgIpc) is 3.04. The van der Waals surface area contributed by atoms with Crippen LogP contribution in [0.3, 0.4) is 0 Å². The van der Waals surface area contributed by atoms with Gasteiger partial charge in [-0.15, -0.1) is 5.10 Å². The predicted octanol–water partition coefficient (Wildman–Crippen LogP) is 2.16. The van der Waals surface area contributed by atoms with Crippen LogP contribution in [0.2, 0.25) is 0 Å². The maximum Gasteiger partial charge on any atom is 0.230 e. The van der Waals surface area contributed by atoms with Gasteiger partial charge in [-0.05, 0) is 35.6 Å². The van der Waals surface area contributed by atoms with Gasteiger partial charge >= 0.3 is 0 Å². The van der Waals surface area contributed by atoms with E-state index in [0.29, 0.717) is 6.54 Å². The van der Waals surface area contributed by atoms with Crippen molar-refractivity contribution in [2.75, 3.05) is 25.5 Å². The molecule has 124 valence electrons. The Balaban J connectivity index is 1.56. The molecule has 2 aromatic rings. The number of amides is 1. The second kappa shape index (κ2) is 5.89. The summed E-state index contributed by atoms with van der Waals surface area (Å²) in [7, 11) is 3.91. The third kappa shape index (κ3) is 2.54. The van der Waals surface area contributed by atoms with Crippen molar-refractivity contribution in [2.45, 2.75) is 31.7 Å². The molecule has 0 bridgehead atoms. The molecular weight excluding hydrogens is 300 g/mol. The molecule has 1 atom stereocenters. The van der Waals surface area contributed by atoms with E-state index in [4.69, 9.17) is 0 Å². The van der Waals surface area contributed by atoms with Gasteiger partial charge in [0.05, 0.1) is 11.6 Å². The fourth-order valence-corrected chi connectivity index (χ4v) is 3.76. The van der Waals surface area contributed by atoms with E-state index in [1.807, 2.05) is 30.0 Å². The van der Waals surface area contributed by atoms with Gasteiger partial charge in [0.1, 0.15) is 0 Å². The lowest BCUT2D eigenvalue weighted by molar-refractivity contribution is -0.133. The maximum absolute atomic E-state index is 13.1. The van der Waals surface area contributed by atoms with E-state index in [1.54, 1.807) is 0 Å². The van der Waals surface area contributed by atoms with Crippen molar-refractivity contribution in [1.29, 1.82) is 0 Å². The van der Waals surface area contributed by atoms with Crippen LogP contribution in [-0.2, 0) is 24.2 Å². The molecule has 5 nitrogen and oxygen atoms in total. The summed E-state index contributed by atoms with van der Waals surface area (Å²) >= 11 is 0. The van der Waals surface area contributed by atoms with Crippen molar-refractivity contribution in [2.24, 2.45) is 0 Å². The minimum atomic E-state index is 0.0193. The number of rotatable bonds is 2. The number of nitrogens with zero attached hydrogens (tertiary/aromatic N) is 4. The van der Waals surface area contributed by atoms with Crippen LogP contribution in [0.5, 0.6) is 0 Å². The maximum atomic E-state index is 13.1. The Morgan fingerprint density at radius 1 is 1.17 bits per heavy atom. The largest absolute Gasteiger partial charge is 0.361 e. The zero-order valence-electron chi connectivity index (χ0n) is 14.2. The van der Waals surface area contributed by atoms with Crippen molar-refractivity contribution in [3.05, 3.63) is 52.7 Å². The van der Waals surface area contributed by atoms with Gasteiger partial charge in [0.15, 0.2) is 5.82 Å². The molecule has 1 aliphatic carbocycles. The van der Waals surface area contributed by atoms with Crippen molar-refractivity contribution < 1.29 is 4.79 Å². The zero-order chi connectivity index (χ0) is 16.7. The summed E-state index contributed by atoms with van der Waals surface area (Å²) in [6.45, 7) is 1.38. The van der Waals surface area contributed by atoms with E-state index in [-0.39, 0.29) is 11.8 Å². The Morgan fingerprint density at radius 2 is 2.00 bits per heavy atom. The minimum absolute atomic E-state index is 0.0193. The van der Waals surface area contributed by atoms with E-state index in [1.165, 1.54) is 11.1 Å². The number of anilines is 1. The molecule has 0 saturated carbocycles. The molecule has 24 heavy (non-hydrogen) atoms. The molecule has 0 saturated heterocycles. The zero-order valence-corrected chi connectivity index (χ0v) is 14.2. The van der Waals surface area contributed by atoms with E-state index in [2.05, 4.69) is 34.5 Å². The lowest BCUT2D eigenvalue weighted by Gasteiger charge is -2.30. The molecule has 5 heteroatoms. The predicted molar refractivity (Wildman–Crippen MR) is 93.0 cm³/mol. The van der Waals surface area contributed by atoms with Gasteiger partial charge in [-0.2, -0.15) is 5.10 Å². The third-order valence-corrected chi connectivity index (χ3v) is 5.13. The van der Waals surface area contributed by atoms with E-state index < -0.39 is 0 Å². The fourth-order valence-electron chi connectivity index (χ4n) is 3.76. The molecule has 0 spiro atoms. The van der Waals surface area contributed by atoms with Crippen LogP contribution in [0.1, 0.15) is 34.7 Å². The summed E-state index contributed by atoms with van der Waals surface area (Å²) in [5, 5.41) is 8.58. The van der Waals surface area contributed by atoms with Gasteiger partial charge in [-0.3, -0.25) is 4.79 Å². The first kappa shape index (κ1) is 15.1. The molecule has 1 aliphatic heterocycles. The molecule has 1 amide bonds. The van der Waals surface area contributed by atoms with Crippen LogP contribution in [-0.4, -0.2) is 41.6 Å². The molecule has 1 aromatic carbocycles. The van der Waals surface area contributed by atoms with Gasteiger partial charge < -0.3 is 9.80 Å². The summed E-state index contributed by atoms with van der Waals surface area (Å²) in [6.07, 6.45) is 2.72. The number of aryl methyl sites for hydroxylation is 1. The second-order valence-electron chi connectivity index (χ2n) is 6.87. The van der Waals surface area contributed by atoms with Gasteiger partial charge in [0.2, 0.25) is 5.91 Å². The molecule has 0 radical (unpaired) electrons. The normalized spacial score (nSPS) is 18.9. The van der Waals surface area contributed by atoms with Gasteiger partial charge in [0, 0.05) is 33.6 Å². The number of aromatic nitrogens is 2. The Hall–Kier alpha value is -2.43. The monoisotopic (exact) mass is 322 g/mol. The average molecular weight is 322 g/mol. The third-order valence-electron chi connectivity index (χ3n) is 5.13. The summed E-state index contributed by atoms with van der Waals surface area (Å²) in [5.74, 6) is 1.12. The standard InChI is InChI=1S/C19H22N4O/c1-22(2)18-11-14-12-23(10-9-17(14)20-21-18)19(24)16-8-7-13-5-3-4-6-15(13)16/h3-6,11,16H,7-10,12H2,1-2H3/t16-/m1/s1. The van der Waals surface area contributed by atoms with E-state index in [0.717, 1.165) is 42.9 Å². The summed E-state index contributed by atoms with van der Waals surface area (Å²) in [4.78, 5) is 17.0. The lowest BCUT2D eigenvalue weighted by Crippen LogP contribution is -2.39. The highest BCUT2D eigenvalue weighted by molar-refractivity contribution is 5.85. The Labute approximate surface area is 142 Å². The molecule has 1 aromatic heterocycles. The number of hydrogen-bond acceptors (Lipinski definition) is 4. The van der Waals surface area contributed by atoms with Crippen molar-refractivity contribution in [1.82, 2.24) is 15.1 Å². The molecule has 4 rings (SSSR count). The smallest absolute Gasteiger partial charge is 0.230 e. The summed E-state index contributed by atoms with van der Waals surface area (Å²) < 4.78 is 0. The lowest BCUT2D eigenvalue weighted by atomic mass is 9.98. The van der Waals surface area contributed by atoms with Gasteiger partial charge in [0.25, 0.3) is 0 Å². The van der Waals surface area contributed by atoms with Crippen LogP contribution in [0, 0.1) is 0 Å². The number of carbonyl (C=O) groups excluding carboxylic acids is 1. The van der Waals surface area contributed by atoms with Crippen molar-refractivity contribution >= 4 is 11.7 Å². The first-order valence-corrected chi connectivity index (χ1v) is 8.53. The fraction of sp³-hybridized carbons (Fsp3) is 0.421. The van der Waals surface area contributed by atoms with Gasteiger partial charge in [-0.25, -0.2) is 0 Å². The summed E-state index contributed by atoms with van der Waals surface area (Å²) in [5.41, 5.74) is 4.69. The van der Waals surface area contributed by atoms with Crippen molar-refractivity contribution in [3.8, 4) is 0 Å². The number of carbonyl (C=O) groups is 1. The highest BCUT2D eigenvalue weighted by atomic mass is 16.2. The van der Waals surface area contributed by atoms with Crippen molar-refractivity contribution in [3.63, 3.8) is 0 Å². The molecular formula is C19H22N4O. The number of hydrogen-bond donors (Lipinski definition) is 0. The topological polar surface area (TPSA) is 49.3 Å². The SMILES string of the molecule is CN(C)c1cc2c(nn1)CCN(C(=O)[C@@H]1CCc3ccccc31)C2. The number of benzene rings is 1. The van der Waals surface area contributed by atoms with Crippen LogP contribution in [0.25, 0.3) is 0 Å².